The summed E-state index contributed by atoms with van der Waals surface area (Å²) in [5.41, 5.74) is 2.20. The Morgan fingerprint density at radius 1 is 1.24 bits per heavy atom. The Kier molecular flexibility index (Phi) is 3.08. The minimum atomic E-state index is -0.0822. The van der Waals surface area contributed by atoms with E-state index in [2.05, 4.69) is 36.6 Å². The zero-order valence-corrected chi connectivity index (χ0v) is 13.8. The third-order valence-corrected chi connectivity index (χ3v) is 6.59. The van der Waals surface area contributed by atoms with Crippen LogP contribution in [0.1, 0.15) is 50.1 Å². The number of hydrogen-bond donors (Lipinski definition) is 2. The van der Waals surface area contributed by atoms with Crippen LogP contribution >= 0.6 is 22.7 Å². The molecule has 4 rings (SSSR count). The molecular weight excluding hydrogens is 300 g/mol. The smallest absolute Gasteiger partial charge is 0.256 e. The van der Waals surface area contributed by atoms with Gasteiger partial charge in [-0.1, -0.05) is 6.92 Å². The van der Waals surface area contributed by atoms with E-state index in [9.17, 15) is 4.79 Å². The second-order valence-corrected chi connectivity index (χ2v) is 8.48. The molecule has 3 nitrogen and oxygen atoms in total. The van der Waals surface area contributed by atoms with Gasteiger partial charge in [-0.25, -0.2) is 0 Å². The minimum Gasteiger partial charge on any atom is -0.352 e. The lowest BCUT2D eigenvalue weighted by Crippen LogP contribution is -2.37. The fourth-order valence-corrected chi connectivity index (χ4v) is 5.53. The normalized spacial score (nSPS) is 24.0. The lowest BCUT2D eigenvalue weighted by molar-refractivity contribution is 0.0936. The van der Waals surface area contributed by atoms with E-state index in [1.165, 1.54) is 26.6 Å². The second kappa shape index (κ2) is 4.85. The number of thiophene rings is 2. The number of anilines is 1. The van der Waals surface area contributed by atoms with E-state index in [1.807, 2.05) is 0 Å². The largest absolute Gasteiger partial charge is 0.352 e. The van der Waals surface area contributed by atoms with Gasteiger partial charge in [0.25, 0.3) is 5.91 Å². The first kappa shape index (κ1) is 13.3. The third kappa shape index (κ3) is 2.19. The molecule has 2 N–H and O–H groups in total. The topological polar surface area (TPSA) is 41.1 Å². The lowest BCUT2D eigenvalue weighted by Gasteiger charge is -2.26. The van der Waals surface area contributed by atoms with Crippen molar-refractivity contribution in [3.8, 4) is 0 Å². The summed E-state index contributed by atoms with van der Waals surface area (Å²) in [7, 11) is 0. The lowest BCUT2D eigenvalue weighted by atomic mass is 9.88. The zero-order chi connectivity index (χ0) is 14.6. The van der Waals surface area contributed by atoms with Crippen LogP contribution in [0.5, 0.6) is 0 Å². The number of aryl methyl sites for hydroxylation is 1. The van der Waals surface area contributed by atoms with Crippen LogP contribution in [0.3, 0.4) is 0 Å². The van der Waals surface area contributed by atoms with Gasteiger partial charge in [0, 0.05) is 14.6 Å². The van der Waals surface area contributed by atoms with E-state index < -0.39 is 0 Å². The van der Waals surface area contributed by atoms with E-state index in [1.54, 1.807) is 22.7 Å². The first-order valence-electron chi connectivity index (χ1n) is 7.40. The summed E-state index contributed by atoms with van der Waals surface area (Å²) in [5, 5.41) is 7.71. The molecule has 0 fully saturated rings. The van der Waals surface area contributed by atoms with Crippen molar-refractivity contribution in [2.45, 2.75) is 39.3 Å². The quantitative estimate of drug-likeness (QED) is 0.831. The Hall–Kier alpha value is -1.33. The first-order chi connectivity index (χ1) is 10.1. The zero-order valence-electron chi connectivity index (χ0n) is 12.2. The highest BCUT2D eigenvalue weighted by Crippen LogP contribution is 2.43. The standard InChI is InChI=1S/C16H18N2OS2/c1-8-3-5-10-12(7-8)21-16-13(10)15(19)17-14(18-16)11-6-4-9(2)20-11/h4,6,8,14,18H,3,5,7H2,1-2H3,(H,17,19). The Morgan fingerprint density at radius 3 is 2.86 bits per heavy atom. The SMILES string of the molecule is Cc1ccc(C2NC(=O)c3c(sc4c3CCC(C)C4)N2)s1. The monoisotopic (exact) mass is 318 g/mol. The van der Waals surface area contributed by atoms with Crippen molar-refractivity contribution in [1.29, 1.82) is 0 Å². The summed E-state index contributed by atoms with van der Waals surface area (Å²) in [6.45, 7) is 4.39. The van der Waals surface area contributed by atoms with Crippen LogP contribution in [0.25, 0.3) is 0 Å². The molecule has 1 amide bonds. The summed E-state index contributed by atoms with van der Waals surface area (Å²) in [6, 6.07) is 4.20. The fraction of sp³-hybridized carbons (Fsp3) is 0.438. The van der Waals surface area contributed by atoms with E-state index in [4.69, 9.17) is 0 Å². The van der Waals surface area contributed by atoms with E-state index in [0.29, 0.717) is 0 Å². The molecular formula is C16H18N2OS2. The molecule has 2 atom stereocenters. The summed E-state index contributed by atoms with van der Waals surface area (Å²) in [4.78, 5) is 16.4. The first-order valence-corrected chi connectivity index (χ1v) is 9.03. The number of carbonyl (C=O) groups excluding carboxylic acids is 1. The van der Waals surface area contributed by atoms with Crippen LogP contribution in [0.2, 0.25) is 0 Å². The molecule has 0 spiro atoms. The Morgan fingerprint density at radius 2 is 2.10 bits per heavy atom. The molecule has 1 aliphatic carbocycles. The van der Waals surface area contributed by atoms with Crippen molar-refractivity contribution >= 4 is 33.6 Å². The molecule has 3 heterocycles. The van der Waals surface area contributed by atoms with Crippen LogP contribution in [0.4, 0.5) is 5.00 Å². The van der Waals surface area contributed by atoms with Gasteiger partial charge in [0.05, 0.1) is 5.56 Å². The van der Waals surface area contributed by atoms with Gasteiger partial charge >= 0.3 is 0 Å². The predicted molar refractivity (Wildman–Crippen MR) is 88.4 cm³/mol. The maximum absolute atomic E-state index is 12.6. The number of rotatable bonds is 1. The fourth-order valence-electron chi connectivity index (χ4n) is 3.21. The molecule has 0 bridgehead atoms. The Balaban J connectivity index is 1.71. The highest BCUT2D eigenvalue weighted by Gasteiger charge is 2.33. The average molecular weight is 318 g/mol. The molecule has 2 aliphatic rings. The van der Waals surface area contributed by atoms with Gasteiger partial charge < -0.3 is 10.6 Å². The molecule has 0 radical (unpaired) electrons. The van der Waals surface area contributed by atoms with Crippen molar-refractivity contribution in [3.05, 3.63) is 37.9 Å². The van der Waals surface area contributed by atoms with Crippen molar-refractivity contribution in [2.75, 3.05) is 5.32 Å². The van der Waals surface area contributed by atoms with Gasteiger partial charge in [-0.15, -0.1) is 22.7 Å². The molecule has 0 saturated heterocycles. The highest BCUT2D eigenvalue weighted by atomic mass is 32.1. The van der Waals surface area contributed by atoms with Crippen LogP contribution in [0.15, 0.2) is 12.1 Å². The van der Waals surface area contributed by atoms with Gasteiger partial charge in [-0.2, -0.15) is 0 Å². The van der Waals surface area contributed by atoms with Crippen LogP contribution < -0.4 is 10.6 Å². The molecule has 2 aromatic heterocycles. The molecule has 5 heteroatoms. The Labute approximate surface area is 132 Å². The molecule has 2 aromatic rings. The molecule has 110 valence electrons. The van der Waals surface area contributed by atoms with E-state index in [-0.39, 0.29) is 12.1 Å². The molecule has 0 aromatic carbocycles. The maximum Gasteiger partial charge on any atom is 0.256 e. The number of fused-ring (bicyclic) bond motifs is 3. The predicted octanol–water partition coefficient (Wildman–Crippen LogP) is 4.10. The van der Waals surface area contributed by atoms with Crippen LogP contribution in [0, 0.1) is 12.8 Å². The van der Waals surface area contributed by atoms with Crippen molar-refractivity contribution in [2.24, 2.45) is 5.92 Å². The van der Waals surface area contributed by atoms with Crippen molar-refractivity contribution in [3.63, 3.8) is 0 Å². The van der Waals surface area contributed by atoms with E-state index >= 15 is 0 Å². The molecule has 21 heavy (non-hydrogen) atoms. The van der Waals surface area contributed by atoms with Gasteiger partial charge in [0.1, 0.15) is 11.2 Å². The summed E-state index contributed by atoms with van der Waals surface area (Å²) < 4.78 is 0. The highest BCUT2D eigenvalue weighted by molar-refractivity contribution is 7.17. The summed E-state index contributed by atoms with van der Waals surface area (Å²) in [5.74, 6) is 0.822. The third-order valence-electron chi connectivity index (χ3n) is 4.34. The number of hydrogen-bond acceptors (Lipinski definition) is 4. The minimum absolute atomic E-state index is 0.0822. The van der Waals surface area contributed by atoms with Gasteiger partial charge in [0.15, 0.2) is 0 Å². The summed E-state index contributed by atoms with van der Waals surface area (Å²) >= 11 is 3.52. The van der Waals surface area contributed by atoms with Gasteiger partial charge in [-0.05, 0) is 49.8 Å². The van der Waals surface area contributed by atoms with Crippen LogP contribution in [-0.2, 0) is 12.8 Å². The molecule has 2 unspecified atom stereocenters. The number of carbonyl (C=O) groups is 1. The average Bonchev–Trinajstić information content (AvgIpc) is 3.01. The number of amides is 1. The second-order valence-electron chi connectivity index (χ2n) is 6.06. The van der Waals surface area contributed by atoms with Crippen LogP contribution in [-0.4, -0.2) is 5.91 Å². The van der Waals surface area contributed by atoms with Crippen molar-refractivity contribution < 1.29 is 4.79 Å². The Bertz CT molecular complexity index is 716. The molecule has 0 saturated carbocycles. The maximum atomic E-state index is 12.6. The van der Waals surface area contributed by atoms with Gasteiger partial charge in [0.2, 0.25) is 0 Å². The number of nitrogens with one attached hydrogen (secondary N) is 2. The summed E-state index contributed by atoms with van der Waals surface area (Å²) in [6.07, 6.45) is 3.27. The van der Waals surface area contributed by atoms with E-state index in [0.717, 1.165) is 29.3 Å². The van der Waals surface area contributed by atoms with Gasteiger partial charge in [-0.3, -0.25) is 4.79 Å². The van der Waals surface area contributed by atoms with Crippen molar-refractivity contribution in [1.82, 2.24) is 5.32 Å². The molecule has 1 aliphatic heterocycles.